The molecule has 1 atom stereocenters. The van der Waals surface area contributed by atoms with E-state index in [4.69, 9.17) is 0 Å². The Morgan fingerprint density at radius 2 is 1.72 bits per heavy atom. The third kappa shape index (κ3) is 3.09. The zero-order chi connectivity index (χ0) is 21.7. The monoisotopic (exact) mass is 441 g/mol. The van der Waals surface area contributed by atoms with E-state index in [0.717, 1.165) is 11.3 Å². The molecule has 160 valence electrons. The van der Waals surface area contributed by atoms with Crippen LogP contribution in [0.2, 0.25) is 0 Å². The smallest absolute Gasteiger partial charge is 0.262 e. The van der Waals surface area contributed by atoms with Crippen LogP contribution in [0, 0.1) is 5.92 Å². The summed E-state index contributed by atoms with van der Waals surface area (Å²) in [5.74, 6) is 1.07. The molecule has 1 unspecified atom stereocenters. The lowest BCUT2D eigenvalue weighted by Crippen LogP contribution is -2.39. The Kier molecular flexibility index (Phi) is 4.68. The van der Waals surface area contributed by atoms with Crippen molar-refractivity contribution >= 4 is 27.5 Å². The molecular weight excluding hydrogens is 418 g/mol. The summed E-state index contributed by atoms with van der Waals surface area (Å²) in [6.07, 6.45) is 2.87. The molecule has 1 N–H and O–H groups in total. The number of hydrogen-bond acceptors (Lipinski definition) is 4. The van der Waals surface area contributed by atoms with Crippen molar-refractivity contribution < 1.29 is 4.79 Å². The van der Waals surface area contributed by atoms with E-state index in [1.807, 2.05) is 5.38 Å². The highest BCUT2D eigenvalue weighted by atomic mass is 32.1. The SMILES string of the molecule is O=C(CCn1cnc2sccc2c1=O)NCC1CC2c3ccccc3C1c1ccccc12. The van der Waals surface area contributed by atoms with Crippen molar-refractivity contribution in [3.05, 3.63) is 98.9 Å². The summed E-state index contributed by atoms with van der Waals surface area (Å²) in [4.78, 5) is 30.2. The van der Waals surface area contributed by atoms with Crippen molar-refractivity contribution in [2.45, 2.75) is 31.2 Å². The number of benzene rings is 2. The Labute approximate surface area is 189 Å². The van der Waals surface area contributed by atoms with E-state index >= 15 is 0 Å². The summed E-state index contributed by atoms with van der Waals surface area (Å²) in [6.45, 7) is 0.991. The van der Waals surface area contributed by atoms with E-state index in [1.54, 1.807) is 12.4 Å². The second-order valence-corrected chi connectivity index (χ2v) is 9.62. The van der Waals surface area contributed by atoms with Crippen LogP contribution >= 0.6 is 11.3 Å². The van der Waals surface area contributed by atoms with E-state index in [0.29, 0.717) is 36.2 Å². The maximum atomic E-state index is 12.6. The molecule has 0 saturated heterocycles. The van der Waals surface area contributed by atoms with Gasteiger partial charge in [0, 0.05) is 31.3 Å². The van der Waals surface area contributed by atoms with Gasteiger partial charge in [0.15, 0.2) is 0 Å². The number of carbonyl (C=O) groups excluding carboxylic acids is 1. The lowest BCUT2D eigenvalue weighted by atomic mass is 9.59. The average Bonchev–Trinajstić information content (AvgIpc) is 3.32. The summed E-state index contributed by atoms with van der Waals surface area (Å²) in [7, 11) is 0. The molecule has 0 aliphatic heterocycles. The molecule has 0 spiro atoms. The fourth-order valence-corrected chi connectivity index (χ4v) is 6.29. The first-order chi connectivity index (χ1) is 15.7. The number of nitrogens with zero attached hydrogens (tertiary/aromatic N) is 2. The fourth-order valence-electron chi connectivity index (χ4n) is 5.57. The lowest BCUT2D eigenvalue weighted by Gasteiger charge is -2.45. The molecule has 4 aromatic rings. The quantitative estimate of drug-likeness (QED) is 0.503. The Morgan fingerprint density at radius 1 is 1.03 bits per heavy atom. The maximum absolute atomic E-state index is 12.6. The molecule has 0 saturated carbocycles. The predicted molar refractivity (Wildman–Crippen MR) is 126 cm³/mol. The minimum Gasteiger partial charge on any atom is -0.356 e. The number of aromatic nitrogens is 2. The molecule has 2 aromatic heterocycles. The summed E-state index contributed by atoms with van der Waals surface area (Å²) >= 11 is 1.45. The van der Waals surface area contributed by atoms with Gasteiger partial charge in [-0.25, -0.2) is 4.98 Å². The minimum atomic E-state index is -0.0816. The van der Waals surface area contributed by atoms with Gasteiger partial charge in [0.2, 0.25) is 5.91 Å². The highest BCUT2D eigenvalue weighted by Gasteiger charge is 2.42. The third-order valence-electron chi connectivity index (χ3n) is 7.01. The molecular formula is C26H23N3O2S. The lowest BCUT2D eigenvalue weighted by molar-refractivity contribution is -0.121. The number of amides is 1. The summed E-state index contributed by atoms with van der Waals surface area (Å²) in [5.41, 5.74) is 5.61. The molecule has 5 nitrogen and oxygen atoms in total. The van der Waals surface area contributed by atoms with Crippen molar-refractivity contribution in [2.24, 2.45) is 5.92 Å². The molecule has 7 rings (SSSR count). The van der Waals surface area contributed by atoms with Crippen LogP contribution in [-0.2, 0) is 11.3 Å². The van der Waals surface area contributed by atoms with Gasteiger partial charge in [-0.05, 0) is 46.0 Å². The van der Waals surface area contributed by atoms with Gasteiger partial charge in [-0.3, -0.25) is 14.2 Å². The van der Waals surface area contributed by atoms with E-state index in [1.165, 1.54) is 38.2 Å². The van der Waals surface area contributed by atoms with Gasteiger partial charge in [0.1, 0.15) is 4.83 Å². The van der Waals surface area contributed by atoms with Crippen LogP contribution in [0.1, 0.15) is 46.9 Å². The number of rotatable bonds is 5. The number of aryl methyl sites for hydroxylation is 1. The molecule has 3 aliphatic carbocycles. The van der Waals surface area contributed by atoms with Gasteiger partial charge >= 0.3 is 0 Å². The molecule has 0 radical (unpaired) electrons. The van der Waals surface area contributed by atoms with Crippen molar-refractivity contribution in [3.8, 4) is 0 Å². The second kappa shape index (κ2) is 7.71. The number of fused-ring (bicyclic) bond motifs is 2. The fraction of sp³-hybridized carbons (Fsp3) is 0.269. The molecule has 1 amide bonds. The number of nitrogens with one attached hydrogen (secondary N) is 1. The van der Waals surface area contributed by atoms with Gasteiger partial charge in [0.25, 0.3) is 5.56 Å². The zero-order valence-electron chi connectivity index (χ0n) is 17.5. The van der Waals surface area contributed by atoms with Crippen LogP contribution in [0.3, 0.4) is 0 Å². The van der Waals surface area contributed by atoms with Crippen molar-refractivity contribution in [1.82, 2.24) is 14.9 Å². The van der Waals surface area contributed by atoms with E-state index in [2.05, 4.69) is 58.8 Å². The number of carbonyl (C=O) groups is 1. The normalized spacial score (nSPS) is 20.7. The van der Waals surface area contributed by atoms with Crippen LogP contribution in [0.5, 0.6) is 0 Å². The van der Waals surface area contributed by atoms with Gasteiger partial charge in [0.05, 0.1) is 11.7 Å². The molecule has 2 bridgehead atoms. The van der Waals surface area contributed by atoms with Crippen LogP contribution in [0.15, 0.2) is 71.1 Å². The van der Waals surface area contributed by atoms with Gasteiger partial charge in [-0.2, -0.15) is 0 Å². The molecule has 2 heterocycles. The van der Waals surface area contributed by atoms with Gasteiger partial charge in [-0.15, -0.1) is 11.3 Å². The predicted octanol–water partition coefficient (Wildman–Crippen LogP) is 4.26. The Balaban J connectivity index is 1.16. The Hall–Kier alpha value is -3.25. The van der Waals surface area contributed by atoms with Crippen LogP contribution in [0.25, 0.3) is 10.2 Å². The maximum Gasteiger partial charge on any atom is 0.262 e. The molecule has 0 fully saturated rings. The highest BCUT2D eigenvalue weighted by Crippen LogP contribution is 2.55. The number of thiophene rings is 1. The first-order valence-electron chi connectivity index (χ1n) is 11.1. The van der Waals surface area contributed by atoms with Crippen LogP contribution < -0.4 is 10.9 Å². The van der Waals surface area contributed by atoms with Gasteiger partial charge < -0.3 is 5.32 Å². The van der Waals surface area contributed by atoms with Gasteiger partial charge in [-0.1, -0.05) is 48.5 Å². The van der Waals surface area contributed by atoms with E-state index in [-0.39, 0.29) is 17.9 Å². The highest BCUT2D eigenvalue weighted by molar-refractivity contribution is 7.16. The van der Waals surface area contributed by atoms with Crippen molar-refractivity contribution in [2.75, 3.05) is 6.54 Å². The van der Waals surface area contributed by atoms with Crippen LogP contribution in [0.4, 0.5) is 0 Å². The number of hydrogen-bond donors (Lipinski definition) is 1. The molecule has 3 aliphatic rings. The summed E-state index contributed by atoms with van der Waals surface area (Å²) in [6, 6.07) is 19.3. The molecule has 2 aromatic carbocycles. The van der Waals surface area contributed by atoms with Crippen LogP contribution in [-0.4, -0.2) is 22.0 Å². The standard InChI is InChI=1S/C26H23N3O2S/c30-23(9-11-29-15-28-25-21(26(29)31)10-12-32-25)27-14-16-13-22-17-5-1-3-7-19(17)24(16)20-8-4-2-6-18(20)22/h1-8,10,12,15-16,22,24H,9,11,13-14H2,(H,27,30). The van der Waals surface area contributed by atoms with E-state index in [9.17, 15) is 9.59 Å². The minimum absolute atomic E-state index is 0.0228. The molecule has 6 heteroatoms. The largest absolute Gasteiger partial charge is 0.356 e. The summed E-state index contributed by atoms with van der Waals surface area (Å²) in [5, 5.41) is 5.63. The summed E-state index contributed by atoms with van der Waals surface area (Å²) < 4.78 is 1.53. The van der Waals surface area contributed by atoms with E-state index < -0.39 is 0 Å². The molecule has 32 heavy (non-hydrogen) atoms. The Morgan fingerprint density at radius 3 is 2.44 bits per heavy atom. The first kappa shape index (κ1) is 19.4. The van der Waals surface area contributed by atoms with Crippen molar-refractivity contribution in [1.29, 1.82) is 0 Å². The zero-order valence-corrected chi connectivity index (χ0v) is 18.3. The first-order valence-corrected chi connectivity index (χ1v) is 12.0. The Bertz CT molecular complexity index is 1340. The van der Waals surface area contributed by atoms with Crippen molar-refractivity contribution in [3.63, 3.8) is 0 Å². The third-order valence-corrected chi connectivity index (χ3v) is 7.84. The average molecular weight is 442 g/mol. The second-order valence-electron chi connectivity index (χ2n) is 8.72. The topological polar surface area (TPSA) is 64.0 Å².